The Morgan fingerprint density at radius 2 is 1.90 bits per heavy atom. The summed E-state index contributed by atoms with van der Waals surface area (Å²) in [5, 5.41) is 11.9. The van der Waals surface area contributed by atoms with Crippen LogP contribution in [0, 0.1) is 18.3 Å². The topological polar surface area (TPSA) is 90.3 Å². The quantitative estimate of drug-likeness (QED) is 0.496. The Bertz CT molecular complexity index is 1010. The lowest BCUT2D eigenvalue weighted by Crippen LogP contribution is -2.32. The molecule has 1 N–H and O–H groups in total. The van der Waals surface area contributed by atoms with Crippen LogP contribution in [0.5, 0.6) is 0 Å². The molecule has 0 saturated heterocycles. The molecular weight excluding hydrogens is 398 g/mol. The SMILES string of the molecule is Cc1ccc2c(c1)C(=O)N(CCCC(=O)NCCSCc1ccccc1C#N)C2=O. The molecule has 0 fully saturated rings. The third kappa shape index (κ3) is 5.08. The van der Waals surface area contributed by atoms with Gasteiger partial charge in [0.15, 0.2) is 0 Å². The molecule has 0 bridgehead atoms. The van der Waals surface area contributed by atoms with Gasteiger partial charge in [0, 0.05) is 31.0 Å². The number of carbonyl (C=O) groups excluding carboxylic acids is 3. The van der Waals surface area contributed by atoms with Crippen molar-refractivity contribution in [1.29, 1.82) is 5.26 Å². The maximum Gasteiger partial charge on any atom is 0.261 e. The summed E-state index contributed by atoms with van der Waals surface area (Å²) in [6, 6.07) is 14.9. The second kappa shape index (κ2) is 10.1. The van der Waals surface area contributed by atoms with Crippen LogP contribution < -0.4 is 5.32 Å². The molecule has 0 aromatic heterocycles. The van der Waals surface area contributed by atoms with E-state index in [0.29, 0.717) is 29.7 Å². The van der Waals surface area contributed by atoms with Crippen LogP contribution in [0.2, 0.25) is 0 Å². The summed E-state index contributed by atoms with van der Waals surface area (Å²) < 4.78 is 0. The highest BCUT2D eigenvalue weighted by Gasteiger charge is 2.34. The Balaban J connectivity index is 1.34. The van der Waals surface area contributed by atoms with Crippen LogP contribution in [-0.2, 0) is 10.5 Å². The molecule has 3 rings (SSSR count). The molecule has 0 spiro atoms. The molecule has 1 heterocycles. The first kappa shape index (κ1) is 21.6. The first-order chi connectivity index (χ1) is 14.5. The molecule has 0 atom stereocenters. The lowest BCUT2D eigenvalue weighted by molar-refractivity contribution is -0.121. The van der Waals surface area contributed by atoms with Gasteiger partial charge in [0.2, 0.25) is 5.91 Å². The van der Waals surface area contributed by atoms with Gasteiger partial charge in [0.25, 0.3) is 11.8 Å². The van der Waals surface area contributed by atoms with Crippen molar-refractivity contribution in [2.75, 3.05) is 18.8 Å². The molecular formula is C23H23N3O3S. The minimum Gasteiger partial charge on any atom is -0.355 e. The van der Waals surface area contributed by atoms with Crippen LogP contribution in [-0.4, -0.2) is 41.5 Å². The maximum atomic E-state index is 12.4. The molecule has 0 unspecified atom stereocenters. The maximum absolute atomic E-state index is 12.4. The van der Waals surface area contributed by atoms with E-state index in [1.807, 2.05) is 31.2 Å². The van der Waals surface area contributed by atoms with E-state index in [1.54, 1.807) is 30.0 Å². The number of hydrogen-bond donors (Lipinski definition) is 1. The monoisotopic (exact) mass is 421 g/mol. The molecule has 30 heavy (non-hydrogen) atoms. The van der Waals surface area contributed by atoms with Gasteiger partial charge in [0.05, 0.1) is 22.8 Å². The van der Waals surface area contributed by atoms with Gasteiger partial charge in [-0.25, -0.2) is 0 Å². The molecule has 3 amide bonds. The van der Waals surface area contributed by atoms with Crippen molar-refractivity contribution >= 4 is 29.5 Å². The predicted octanol–water partition coefficient (Wildman–Crippen LogP) is 3.29. The van der Waals surface area contributed by atoms with E-state index >= 15 is 0 Å². The highest BCUT2D eigenvalue weighted by Crippen LogP contribution is 2.24. The molecule has 0 aliphatic carbocycles. The number of nitrogens with zero attached hydrogens (tertiary/aromatic N) is 2. The van der Waals surface area contributed by atoms with Crippen LogP contribution in [0.1, 0.15) is 50.2 Å². The Hall–Kier alpha value is -3.11. The van der Waals surface area contributed by atoms with E-state index in [9.17, 15) is 14.4 Å². The minimum absolute atomic E-state index is 0.0968. The summed E-state index contributed by atoms with van der Waals surface area (Å²) in [7, 11) is 0. The lowest BCUT2D eigenvalue weighted by Gasteiger charge is -2.13. The number of rotatable bonds is 9. The number of imide groups is 1. The normalized spacial score (nSPS) is 12.6. The van der Waals surface area contributed by atoms with Crippen molar-refractivity contribution in [2.24, 2.45) is 0 Å². The number of nitriles is 1. The fourth-order valence-corrected chi connectivity index (χ4v) is 4.16. The number of aryl methyl sites for hydroxylation is 1. The summed E-state index contributed by atoms with van der Waals surface area (Å²) in [4.78, 5) is 38.1. The predicted molar refractivity (Wildman–Crippen MR) is 116 cm³/mol. The average molecular weight is 422 g/mol. The number of hydrogen-bond acceptors (Lipinski definition) is 5. The Labute approximate surface area is 180 Å². The van der Waals surface area contributed by atoms with E-state index in [4.69, 9.17) is 5.26 Å². The Kier molecular flexibility index (Phi) is 7.26. The second-order valence-corrected chi connectivity index (χ2v) is 8.19. The summed E-state index contributed by atoms with van der Waals surface area (Å²) in [5.74, 6) is 0.792. The molecule has 1 aliphatic rings. The van der Waals surface area contributed by atoms with E-state index in [2.05, 4.69) is 11.4 Å². The molecule has 6 nitrogen and oxygen atoms in total. The highest BCUT2D eigenvalue weighted by molar-refractivity contribution is 7.98. The first-order valence-corrected chi connectivity index (χ1v) is 11.0. The van der Waals surface area contributed by atoms with Crippen LogP contribution >= 0.6 is 11.8 Å². The van der Waals surface area contributed by atoms with Gasteiger partial charge in [-0.15, -0.1) is 0 Å². The molecule has 0 saturated carbocycles. The summed E-state index contributed by atoms with van der Waals surface area (Å²) in [6.45, 7) is 2.65. The lowest BCUT2D eigenvalue weighted by atomic mass is 10.1. The molecule has 154 valence electrons. The van der Waals surface area contributed by atoms with Gasteiger partial charge >= 0.3 is 0 Å². The molecule has 0 radical (unpaired) electrons. The van der Waals surface area contributed by atoms with Crippen molar-refractivity contribution in [1.82, 2.24) is 10.2 Å². The minimum atomic E-state index is -0.288. The van der Waals surface area contributed by atoms with E-state index < -0.39 is 0 Å². The number of benzene rings is 2. The third-order valence-electron chi connectivity index (χ3n) is 4.88. The number of fused-ring (bicyclic) bond motifs is 1. The van der Waals surface area contributed by atoms with Crippen molar-refractivity contribution < 1.29 is 14.4 Å². The molecule has 2 aromatic carbocycles. The molecule has 7 heteroatoms. The first-order valence-electron chi connectivity index (χ1n) is 9.80. The van der Waals surface area contributed by atoms with E-state index in [1.165, 1.54) is 4.90 Å². The van der Waals surface area contributed by atoms with Gasteiger partial charge in [-0.05, 0) is 37.1 Å². The van der Waals surface area contributed by atoms with E-state index in [0.717, 1.165) is 22.6 Å². The van der Waals surface area contributed by atoms with Crippen molar-refractivity contribution in [3.05, 3.63) is 70.3 Å². The Morgan fingerprint density at radius 3 is 2.70 bits per heavy atom. The highest BCUT2D eigenvalue weighted by atomic mass is 32.2. The van der Waals surface area contributed by atoms with Gasteiger partial charge in [0.1, 0.15) is 0 Å². The number of carbonyl (C=O) groups is 3. The zero-order chi connectivity index (χ0) is 21.5. The Morgan fingerprint density at radius 1 is 1.13 bits per heavy atom. The smallest absolute Gasteiger partial charge is 0.261 e. The van der Waals surface area contributed by atoms with Gasteiger partial charge < -0.3 is 5.32 Å². The fraction of sp³-hybridized carbons (Fsp3) is 0.304. The van der Waals surface area contributed by atoms with Crippen LogP contribution in [0.15, 0.2) is 42.5 Å². The summed E-state index contributed by atoms with van der Waals surface area (Å²) >= 11 is 1.65. The molecule has 2 aromatic rings. The zero-order valence-corrected chi connectivity index (χ0v) is 17.6. The zero-order valence-electron chi connectivity index (χ0n) is 16.8. The summed E-state index contributed by atoms with van der Waals surface area (Å²) in [6.07, 6.45) is 0.688. The second-order valence-electron chi connectivity index (χ2n) is 7.09. The van der Waals surface area contributed by atoms with Crippen molar-refractivity contribution in [3.63, 3.8) is 0 Å². The van der Waals surface area contributed by atoms with Crippen molar-refractivity contribution in [2.45, 2.75) is 25.5 Å². The van der Waals surface area contributed by atoms with Crippen LogP contribution in [0.3, 0.4) is 0 Å². The largest absolute Gasteiger partial charge is 0.355 e. The number of thioether (sulfide) groups is 1. The van der Waals surface area contributed by atoms with Gasteiger partial charge in [-0.3, -0.25) is 19.3 Å². The molecule has 1 aliphatic heterocycles. The average Bonchev–Trinajstić information content (AvgIpc) is 2.98. The van der Waals surface area contributed by atoms with Crippen molar-refractivity contribution in [3.8, 4) is 6.07 Å². The van der Waals surface area contributed by atoms with Gasteiger partial charge in [-0.2, -0.15) is 17.0 Å². The number of nitrogens with one attached hydrogen (secondary N) is 1. The van der Waals surface area contributed by atoms with Gasteiger partial charge in [-0.1, -0.05) is 29.8 Å². The van der Waals surface area contributed by atoms with E-state index in [-0.39, 0.29) is 30.7 Å². The fourth-order valence-electron chi connectivity index (χ4n) is 3.29. The van der Waals surface area contributed by atoms with Crippen LogP contribution in [0.4, 0.5) is 0 Å². The standard InChI is InChI=1S/C23H23N3O3S/c1-16-8-9-19-20(13-16)23(29)26(22(19)28)11-4-7-21(27)25-10-12-30-15-18-6-3-2-5-17(18)14-24/h2-3,5-6,8-9,13H,4,7,10-12,15H2,1H3,(H,25,27). The number of amides is 3. The van der Waals surface area contributed by atoms with Crippen LogP contribution in [0.25, 0.3) is 0 Å². The third-order valence-corrected chi connectivity index (χ3v) is 5.88. The summed E-state index contributed by atoms with van der Waals surface area (Å²) in [5.41, 5.74) is 3.49.